The summed E-state index contributed by atoms with van der Waals surface area (Å²) in [4.78, 5) is 18.3. The lowest BCUT2D eigenvalue weighted by Gasteiger charge is -2.29. The molecule has 3 rings (SSSR count). The van der Waals surface area contributed by atoms with Gasteiger partial charge in [0.25, 0.3) is 0 Å². The zero-order chi connectivity index (χ0) is 18.4. The monoisotopic (exact) mass is 360 g/mol. The van der Waals surface area contributed by atoms with E-state index < -0.39 is 0 Å². The molecule has 1 aliphatic rings. The fourth-order valence-electron chi connectivity index (χ4n) is 2.98. The van der Waals surface area contributed by atoms with Gasteiger partial charge in [0.1, 0.15) is 11.5 Å². The molecule has 1 aliphatic heterocycles. The minimum atomic E-state index is 0.104. The van der Waals surface area contributed by atoms with Crippen LogP contribution in [0.3, 0.4) is 0 Å². The molecule has 0 saturated carbocycles. The van der Waals surface area contributed by atoms with Gasteiger partial charge in [-0.3, -0.25) is 9.69 Å². The van der Waals surface area contributed by atoms with Gasteiger partial charge in [0, 0.05) is 13.0 Å². The van der Waals surface area contributed by atoms with E-state index in [1.165, 1.54) is 0 Å². The fourth-order valence-corrected chi connectivity index (χ4v) is 2.98. The summed E-state index contributed by atoms with van der Waals surface area (Å²) >= 11 is 0. The molecule has 2 heterocycles. The Morgan fingerprint density at radius 1 is 1.27 bits per heavy atom. The predicted molar refractivity (Wildman–Crippen MR) is 93.7 cm³/mol. The minimum Gasteiger partial charge on any atom is -0.497 e. The standard InChI is InChI=1S/C18H24N4O4/c1-19-18(23)13-7-9-22(10-8-13)11-17-20-16(21-26-17)12-25-15-5-3-14(24-2)4-6-15/h3-6,13H,7-12H2,1-2H3,(H,19,23). The minimum absolute atomic E-state index is 0.104. The van der Waals surface area contributed by atoms with Crippen molar-refractivity contribution in [3.8, 4) is 11.5 Å². The van der Waals surface area contributed by atoms with Crippen LogP contribution in [0.2, 0.25) is 0 Å². The number of likely N-dealkylation sites (tertiary alicyclic amines) is 1. The molecule has 8 nitrogen and oxygen atoms in total. The Kier molecular flexibility index (Phi) is 6.06. The number of hydrogen-bond acceptors (Lipinski definition) is 7. The van der Waals surface area contributed by atoms with Crippen LogP contribution in [0.15, 0.2) is 28.8 Å². The van der Waals surface area contributed by atoms with Gasteiger partial charge in [-0.05, 0) is 50.2 Å². The number of carbonyl (C=O) groups excluding carboxylic acids is 1. The number of aromatic nitrogens is 2. The maximum absolute atomic E-state index is 11.7. The van der Waals surface area contributed by atoms with E-state index >= 15 is 0 Å². The third kappa shape index (κ3) is 4.72. The molecule has 0 aliphatic carbocycles. The first-order chi connectivity index (χ1) is 12.7. The van der Waals surface area contributed by atoms with Crippen LogP contribution < -0.4 is 14.8 Å². The number of nitrogens with one attached hydrogen (secondary N) is 1. The van der Waals surface area contributed by atoms with Gasteiger partial charge in [0.15, 0.2) is 6.61 Å². The summed E-state index contributed by atoms with van der Waals surface area (Å²) in [7, 11) is 3.31. The number of hydrogen-bond donors (Lipinski definition) is 1. The van der Waals surface area contributed by atoms with E-state index in [9.17, 15) is 4.79 Å². The van der Waals surface area contributed by atoms with Gasteiger partial charge in [-0.25, -0.2) is 0 Å². The van der Waals surface area contributed by atoms with Crippen molar-refractivity contribution in [2.24, 2.45) is 5.92 Å². The highest BCUT2D eigenvalue weighted by Gasteiger charge is 2.25. The average Bonchev–Trinajstić information content (AvgIpc) is 3.14. The van der Waals surface area contributed by atoms with Crippen molar-refractivity contribution in [1.82, 2.24) is 20.4 Å². The lowest BCUT2D eigenvalue weighted by Crippen LogP contribution is -2.39. The molecular weight excluding hydrogens is 336 g/mol. The molecule has 1 N–H and O–H groups in total. The van der Waals surface area contributed by atoms with Crippen LogP contribution in [0, 0.1) is 5.92 Å². The molecule has 1 fully saturated rings. The van der Waals surface area contributed by atoms with Crippen molar-refractivity contribution < 1.29 is 18.8 Å². The Morgan fingerprint density at radius 2 is 1.96 bits per heavy atom. The van der Waals surface area contributed by atoms with E-state index in [0.717, 1.165) is 31.7 Å². The highest BCUT2D eigenvalue weighted by molar-refractivity contribution is 5.78. The van der Waals surface area contributed by atoms with E-state index in [2.05, 4.69) is 20.4 Å². The van der Waals surface area contributed by atoms with Crippen LogP contribution in [-0.4, -0.2) is 48.2 Å². The number of rotatable bonds is 7. The Bertz CT molecular complexity index is 708. The molecule has 26 heavy (non-hydrogen) atoms. The van der Waals surface area contributed by atoms with Crippen molar-refractivity contribution in [1.29, 1.82) is 0 Å². The van der Waals surface area contributed by atoms with Crippen LogP contribution in [0.1, 0.15) is 24.6 Å². The number of carbonyl (C=O) groups is 1. The number of piperidine rings is 1. The second kappa shape index (κ2) is 8.66. The van der Waals surface area contributed by atoms with Crippen molar-refractivity contribution >= 4 is 5.91 Å². The van der Waals surface area contributed by atoms with Crippen molar-refractivity contribution in [2.45, 2.75) is 26.0 Å². The molecule has 0 atom stereocenters. The zero-order valence-electron chi connectivity index (χ0n) is 15.1. The molecule has 0 spiro atoms. The number of ether oxygens (including phenoxy) is 2. The van der Waals surface area contributed by atoms with Crippen LogP contribution >= 0.6 is 0 Å². The first-order valence-corrected chi connectivity index (χ1v) is 8.70. The molecule has 8 heteroatoms. The molecule has 140 valence electrons. The highest BCUT2D eigenvalue weighted by Crippen LogP contribution is 2.20. The SMILES string of the molecule is CNC(=O)C1CCN(Cc2nc(COc3ccc(OC)cc3)no2)CC1. The smallest absolute Gasteiger partial charge is 0.240 e. The average molecular weight is 360 g/mol. The lowest BCUT2D eigenvalue weighted by molar-refractivity contribution is -0.125. The molecule has 0 unspecified atom stereocenters. The van der Waals surface area contributed by atoms with Gasteiger partial charge in [-0.15, -0.1) is 0 Å². The van der Waals surface area contributed by atoms with Gasteiger partial charge in [-0.2, -0.15) is 4.98 Å². The maximum atomic E-state index is 11.7. The highest BCUT2D eigenvalue weighted by atomic mass is 16.5. The van der Waals surface area contributed by atoms with E-state index in [0.29, 0.717) is 24.0 Å². The zero-order valence-corrected chi connectivity index (χ0v) is 15.1. The summed E-state index contributed by atoms with van der Waals surface area (Å²) < 4.78 is 16.1. The largest absolute Gasteiger partial charge is 0.497 e. The Labute approximate surface area is 152 Å². The Hall–Kier alpha value is -2.61. The molecular formula is C18H24N4O4. The van der Waals surface area contributed by atoms with Crippen LogP contribution in [0.5, 0.6) is 11.5 Å². The lowest BCUT2D eigenvalue weighted by atomic mass is 9.96. The third-order valence-electron chi connectivity index (χ3n) is 4.50. The molecule has 0 radical (unpaired) electrons. The molecule has 2 aromatic rings. The molecule has 1 aromatic heterocycles. The van der Waals surface area contributed by atoms with Crippen molar-refractivity contribution in [3.63, 3.8) is 0 Å². The topological polar surface area (TPSA) is 89.7 Å². The summed E-state index contributed by atoms with van der Waals surface area (Å²) in [5, 5.41) is 6.68. The van der Waals surface area contributed by atoms with Gasteiger partial charge in [0.05, 0.1) is 13.7 Å². The summed E-state index contributed by atoms with van der Waals surface area (Å²) in [5.41, 5.74) is 0. The first kappa shape index (κ1) is 18.2. The van der Waals surface area contributed by atoms with E-state index in [1.54, 1.807) is 14.2 Å². The molecule has 1 aromatic carbocycles. The van der Waals surface area contributed by atoms with Crippen LogP contribution in [-0.2, 0) is 17.9 Å². The van der Waals surface area contributed by atoms with Crippen LogP contribution in [0.25, 0.3) is 0 Å². The predicted octanol–water partition coefficient (Wildman–Crippen LogP) is 1.62. The molecule has 1 amide bonds. The van der Waals surface area contributed by atoms with E-state index in [1.807, 2.05) is 24.3 Å². The molecule has 1 saturated heterocycles. The van der Waals surface area contributed by atoms with E-state index in [-0.39, 0.29) is 18.4 Å². The summed E-state index contributed by atoms with van der Waals surface area (Å²) in [6.45, 7) is 2.53. The first-order valence-electron chi connectivity index (χ1n) is 8.70. The second-order valence-electron chi connectivity index (χ2n) is 6.23. The molecule has 0 bridgehead atoms. The van der Waals surface area contributed by atoms with Gasteiger partial charge >= 0.3 is 0 Å². The number of methoxy groups -OCH3 is 1. The van der Waals surface area contributed by atoms with Crippen LogP contribution in [0.4, 0.5) is 0 Å². The summed E-state index contributed by atoms with van der Waals surface area (Å²) in [6.07, 6.45) is 1.70. The summed E-state index contributed by atoms with van der Waals surface area (Å²) in [6, 6.07) is 7.33. The van der Waals surface area contributed by atoms with Crippen molar-refractivity contribution in [2.75, 3.05) is 27.2 Å². The van der Waals surface area contributed by atoms with E-state index in [4.69, 9.17) is 14.0 Å². The maximum Gasteiger partial charge on any atom is 0.240 e. The van der Waals surface area contributed by atoms with Gasteiger partial charge in [-0.1, -0.05) is 5.16 Å². The Balaban J connectivity index is 1.45. The second-order valence-corrected chi connectivity index (χ2v) is 6.23. The van der Waals surface area contributed by atoms with Crippen molar-refractivity contribution in [3.05, 3.63) is 36.0 Å². The van der Waals surface area contributed by atoms with Gasteiger partial charge in [0.2, 0.25) is 17.6 Å². The summed E-state index contributed by atoms with van der Waals surface area (Å²) in [5.74, 6) is 2.80. The number of nitrogens with zero attached hydrogens (tertiary/aromatic N) is 3. The quantitative estimate of drug-likeness (QED) is 0.802. The number of amides is 1. The fraction of sp³-hybridized carbons (Fsp3) is 0.500. The third-order valence-corrected chi connectivity index (χ3v) is 4.50. The number of benzene rings is 1. The van der Waals surface area contributed by atoms with Gasteiger partial charge < -0.3 is 19.3 Å². The normalized spacial score (nSPS) is 15.6. The Morgan fingerprint density at radius 3 is 2.62 bits per heavy atom.